The Labute approximate surface area is 176 Å². The maximum absolute atomic E-state index is 13.2. The number of anilines is 1. The van der Waals surface area contributed by atoms with Gasteiger partial charge in [-0.3, -0.25) is 9.59 Å². The molecule has 3 rings (SSSR count). The van der Waals surface area contributed by atoms with E-state index in [0.29, 0.717) is 16.3 Å². The molecule has 3 aromatic carbocycles. The van der Waals surface area contributed by atoms with Gasteiger partial charge in [0, 0.05) is 22.2 Å². The molecule has 0 fully saturated rings. The number of ketones is 1. The molecule has 0 radical (unpaired) electrons. The van der Waals surface area contributed by atoms with Gasteiger partial charge in [0.1, 0.15) is 0 Å². The van der Waals surface area contributed by atoms with Gasteiger partial charge in [0.15, 0.2) is 5.78 Å². The number of aryl methyl sites for hydroxylation is 2. The van der Waals surface area contributed by atoms with E-state index in [1.165, 1.54) is 0 Å². The van der Waals surface area contributed by atoms with E-state index >= 15 is 0 Å². The minimum absolute atomic E-state index is 0.0539. The van der Waals surface area contributed by atoms with Crippen molar-refractivity contribution in [2.75, 3.05) is 5.32 Å². The van der Waals surface area contributed by atoms with Crippen LogP contribution in [0.25, 0.3) is 0 Å². The van der Waals surface area contributed by atoms with Crippen molar-refractivity contribution in [3.63, 3.8) is 0 Å². The Hall–Kier alpha value is -2.91. The Morgan fingerprint density at radius 2 is 1.31 bits per heavy atom. The molecule has 0 heterocycles. The second-order valence-electron chi connectivity index (χ2n) is 7.40. The zero-order chi connectivity index (χ0) is 21.0. The summed E-state index contributed by atoms with van der Waals surface area (Å²) < 4.78 is 0. The molecule has 4 heteroatoms. The predicted molar refractivity (Wildman–Crippen MR) is 119 cm³/mol. The number of hydrogen-bond acceptors (Lipinski definition) is 2. The smallest absolute Gasteiger partial charge is 0.232 e. The third-order valence-corrected chi connectivity index (χ3v) is 5.33. The monoisotopic (exact) mass is 405 g/mol. The Balaban J connectivity index is 1.92. The number of halogens is 1. The Kier molecular flexibility index (Phi) is 6.50. The van der Waals surface area contributed by atoms with Gasteiger partial charge < -0.3 is 5.32 Å². The maximum Gasteiger partial charge on any atom is 0.232 e. The fraction of sp³-hybridized carbons (Fsp3) is 0.200. The van der Waals surface area contributed by atoms with Crippen LogP contribution in [-0.4, -0.2) is 11.7 Å². The molecule has 2 atom stereocenters. The van der Waals surface area contributed by atoms with Gasteiger partial charge in [0.2, 0.25) is 5.91 Å². The molecule has 1 amide bonds. The van der Waals surface area contributed by atoms with E-state index < -0.39 is 11.8 Å². The van der Waals surface area contributed by atoms with Gasteiger partial charge in [-0.25, -0.2) is 0 Å². The molecule has 3 nitrogen and oxygen atoms in total. The standard InChI is InChI=1S/C25H24ClNO2/c1-16-4-8-19(9-5-16)23(25(29)27-22-14-12-21(26)13-15-22)18(3)24(28)20-10-6-17(2)7-11-20/h4-15,18,23H,1-3H3,(H,27,29). The van der Waals surface area contributed by atoms with E-state index in [0.717, 1.165) is 16.7 Å². The molecule has 29 heavy (non-hydrogen) atoms. The van der Waals surface area contributed by atoms with Crippen LogP contribution in [0.5, 0.6) is 0 Å². The number of amides is 1. The summed E-state index contributed by atoms with van der Waals surface area (Å²) >= 11 is 5.94. The van der Waals surface area contributed by atoms with Crippen LogP contribution in [0.2, 0.25) is 5.02 Å². The molecule has 0 bridgehead atoms. The lowest BCUT2D eigenvalue weighted by molar-refractivity contribution is -0.118. The summed E-state index contributed by atoms with van der Waals surface area (Å²) in [4.78, 5) is 26.4. The average Bonchev–Trinajstić information content (AvgIpc) is 2.71. The highest BCUT2D eigenvalue weighted by molar-refractivity contribution is 6.30. The van der Waals surface area contributed by atoms with E-state index in [2.05, 4.69) is 5.32 Å². The lowest BCUT2D eigenvalue weighted by atomic mass is 9.81. The summed E-state index contributed by atoms with van der Waals surface area (Å²) in [6, 6.07) is 22.1. The molecule has 0 saturated heterocycles. The van der Waals surface area contributed by atoms with Crippen LogP contribution < -0.4 is 5.32 Å². The summed E-state index contributed by atoms with van der Waals surface area (Å²) in [6.07, 6.45) is 0. The minimum Gasteiger partial charge on any atom is -0.326 e. The molecule has 0 aliphatic heterocycles. The molecule has 0 saturated carbocycles. The number of nitrogens with one attached hydrogen (secondary N) is 1. The van der Waals surface area contributed by atoms with Crippen LogP contribution >= 0.6 is 11.6 Å². The minimum atomic E-state index is -0.611. The van der Waals surface area contributed by atoms with Gasteiger partial charge in [-0.1, -0.05) is 78.2 Å². The molecular formula is C25H24ClNO2. The first-order valence-electron chi connectivity index (χ1n) is 9.59. The number of hydrogen-bond donors (Lipinski definition) is 1. The quantitative estimate of drug-likeness (QED) is 0.496. The lowest BCUT2D eigenvalue weighted by Gasteiger charge is -2.23. The van der Waals surface area contributed by atoms with E-state index in [-0.39, 0.29) is 11.7 Å². The highest BCUT2D eigenvalue weighted by atomic mass is 35.5. The molecule has 0 aliphatic rings. The van der Waals surface area contributed by atoms with Crippen molar-refractivity contribution in [3.8, 4) is 0 Å². The molecule has 1 N–H and O–H groups in total. The third kappa shape index (κ3) is 5.12. The summed E-state index contributed by atoms with van der Waals surface area (Å²) in [5.41, 5.74) is 4.26. The van der Waals surface area contributed by atoms with Gasteiger partial charge in [0.05, 0.1) is 5.92 Å². The number of carbonyl (C=O) groups is 2. The zero-order valence-corrected chi connectivity index (χ0v) is 17.5. The molecular weight excluding hydrogens is 382 g/mol. The van der Waals surface area contributed by atoms with E-state index in [1.807, 2.05) is 69.3 Å². The first-order valence-corrected chi connectivity index (χ1v) is 9.97. The van der Waals surface area contributed by atoms with Crippen LogP contribution in [0.15, 0.2) is 72.8 Å². The summed E-state index contributed by atoms with van der Waals surface area (Å²) in [7, 11) is 0. The second-order valence-corrected chi connectivity index (χ2v) is 7.84. The van der Waals surface area contributed by atoms with Crippen molar-refractivity contribution in [3.05, 3.63) is 100 Å². The van der Waals surface area contributed by atoms with Crippen molar-refractivity contribution in [1.29, 1.82) is 0 Å². The number of carbonyl (C=O) groups excluding carboxylic acids is 2. The maximum atomic E-state index is 13.2. The van der Waals surface area contributed by atoms with Gasteiger partial charge in [-0.2, -0.15) is 0 Å². The fourth-order valence-electron chi connectivity index (χ4n) is 3.33. The topological polar surface area (TPSA) is 46.2 Å². The van der Waals surface area contributed by atoms with Crippen molar-refractivity contribution in [2.45, 2.75) is 26.7 Å². The molecule has 3 aromatic rings. The Bertz CT molecular complexity index is 993. The fourth-order valence-corrected chi connectivity index (χ4v) is 3.45. The van der Waals surface area contributed by atoms with Crippen molar-refractivity contribution in [2.24, 2.45) is 5.92 Å². The van der Waals surface area contributed by atoms with E-state index in [4.69, 9.17) is 11.6 Å². The van der Waals surface area contributed by atoms with Crippen molar-refractivity contribution >= 4 is 29.0 Å². The van der Waals surface area contributed by atoms with Crippen LogP contribution in [0, 0.1) is 19.8 Å². The first-order chi connectivity index (χ1) is 13.8. The molecule has 148 valence electrons. The van der Waals surface area contributed by atoms with Gasteiger partial charge in [-0.05, 0) is 43.7 Å². The molecule has 0 aliphatic carbocycles. The average molecular weight is 406 g/mol. The first kappa shape index (κ1) is 20.8. The number of benzene rings is 3. The third-order valence-electron chi connectivity index (χ3n) is 5.08. The van der Waals surface area contributed by atoms with Gasteiger partial charge in [0.25, 0.3) is 0 Å². The SMILES string of the molecule is Cc1ccc(C(=O)C(C)C(C(=O)Nc2ccc(Cl)cc2)c2ccc(C)cc2)cc1. The molecule has 0 spiro atoms. The number of Topliss-reactive ketones (excluding diaryl/α,β-unsaturated/α-hetero) is 1. The van der Waals surface area contributed by atoms with Gasteiger partial charge in [-0.15, -0.1) is 0 Å². The second kappa shape index (κ2) is 9.06. The van der Waals surface area contributed by atoms with Crippen LogP contribution in [0.1, 0.15) is 39.9 Å². The summed E-state index contributed by atoms with van der Waals surface area (Å²) in [6.45, 7) is 5.79. The van der Waals surface area contributed by atoms with Crippen LogP contribution in [0.4, 0.5) is 5.69 Å². The highest BCUT2D eigenvalue weighted by Gasteiger charge is 2.32. The number of rotatable bonds is 6. The van der Waals surface area contributed by atoms with Crippen LogP contribution in [-0.2, 0) is 4.79 Å². The van der Waals surface area contributed by atoms with Crippen molar-refractivity contribution in [1.82, 2.24) is 0 Å². The Morgan fingerprint density at radius 3 is 1.86 bits per heavy atom. The van der Waals surface area contributed by atoms with Crippen LogP contribution in [0.3, 0.4) is 0 Å². The van der Waals surface area contributed by atoms with E-state index in [1.54, 1.807) is 24.3 Å². The predicted octanol–water partition coefficient (Wildman–Crippen LogP) is 6.20. The normalized spacial score (nSPS) is 12.8. The molecule has 2 unspecified atom stereocenters. The van der Waals surface area contributed by atoms with Gasteiger partial charge >= 0.3 is 0 Å². The lowest BCUT2D eigenvalue weighted by Crippen LogP contribution is -2.30. The summed E-state index contributed by atoms with van der Waals surface area (Å²) in [5, 5.41) is 3.53. The zero-order valence-electron chi connectivity index (χ0n) is 16.8. The Morgan fingerprint density at radius 1 is 0.793 bits per heavy atom. The summed E-state index contributed by atoms with van der Waals surface area (Å²) in [5.74, 6) is -1.40. The largest absolute Gasteiger partial charge is 0.326 e. The molecule has 0 aromatic heterocycles. The van der Waals surface area contributed by atoms with E-state index in [9.17, 15) is 9.59 Å². The van der Waals surface area contributed by atoms with Crippen molar-refractivity contribution < 1.29 is 9.59 Å². The highest BCUT2D eigenvalue weighted by Crippen LogP contribution is 2.30.